The first-order valence-electron chi connectivity index (χ1n) is 5.88. The molecule has 0 saturated carbocycles. The quantitative estimate of drug-likeness (QED) is 0.679. The topological polar surface area (TPSA) is 15.3 Å². The average molecular weight is 200 g/mol. The van der Waals surface area contributed by atoms with E-state index in [4.69, 9.17) is 0 Å². The van der Waals surface area contributed by atoms with E-state index >= 15 is 0 Å². The zero-order valence-electron chi connectivity index (χ0n) is 10.9. The fourth-order valence-corrected chi connectivity index (χ4v) is 1.28. The van der Waals surface area contributed by atoms with Crippen molar-refractivity contribution in [2.75, 3.05) is 20.1 Å². The van der Waals surface area contributed by atoms with Crippen LogP contribution in [0, 0.1) is 0 Å². The third kappa shape index (κ3) is 5.61. The van der Waals surface area contributed by atoms with E-state index in [1.807, 2.05) is 0 Å². The van der Waals surface area contributed by atoms with Crippen LogP contribution in [0.2, 0.25) is 0 Å². The Morgan fingerprint density at radius 3 is 2.29 bits per heavy atom. The Labute approximate surface area is 90.1 Å². The van der Waals surface area contributed by atoms with Gasteiger partial charge < -0.3 is 10.2 Å². The minimum atomic E-state index is 0.279. The molecule has 1 atom stereocenters. The molecule has 0 aromatic rings. The Kier molecular flexibility index (Phi) is 6.38. The molecule has 0 spiro atoms. The van der Waals surface area contributed by atoms with E-state index in [-0.39, 0.29) is 5.54 Å². The highest BCUT2D eigenvalue weighted by atomic mass is 15.1. The summed E-state index contributed by atoms with van der Waals surface area (Å²) in [6.45, 7) is 13.5. The lowest BCUT2D eigenvalue weighted by Crippen LogP contribution is -2.46. The summed E-state index contributed by atoms with van der Waals surface area (Å²) >= 11 is 0. The van der Waals surface area contributed by atoms with E-state index in [2.05, 4.69) is 51.9 Å². The third-order valence-corrected chi connectivity index (χ3v) is 3.09. The monoisotopic (exact) mass is 200 g/mol. The summed E-state index contributed by atoms with van der Waals surface area (Å²) in [6.07, 6.45) is 2.41. The van der Waals surface area contributed by atoms with E-state index in [1.54, 1.807) is 0 Å². The maximum absolute atomic E-state index is 3.61. The minimum absolute atomic E-state index is 0.279. The molecule has 86 valence electrons. The van der Waals surface area contributed by atoms with Crippen LogP contribution in [0.25, 0.3) is 0 Å². The first-order chi connectivity index (χ1) is 6.43. The minimum Gasteiger partial charge on any atom is -0.310 e. The first-order valence-corrected chi connectivity index (χ1v) is 5.88. The van der Waals surface area contributed by atoms with Crippen molar-refractivity contribution >= 4 is 0 Å². The molecule has 1 unspecified atom stereocenters. The van der Waals surface area contributed by atoms with Crippen LogP contribution < -0.4 is 5.32 Å². The summed E-state index contributed by atoms with van der Waals surface area (Å²) in [6, 6.07) is 0.626. The number of hydrogen-bond acceptors (Lipinski definition) is 2. The normalized spacial score (nSPS) is 14.8. The molecule has 2 heteroatoms. The van der Waals surface area contributed by atoms with Gasteiger partial charge in [0.15, 0.2) is 0 Å². The zero-order chi connectivity index (χ0) is 11.2. The molecule has 0 aliphatic heterocycles. The molecule has 14 heavy (non-hydrogen) atoms. The molecule has 0 amide bonds. The lowest BCUT2D eigenvalue weighted by Gasteiger charge is -2.30. The highest BCUT2D eigenvalue weighted by molar-refractivity contribution is 4.78. The number of nitrogens with one attached hydrogen (secondary N) is 1. The van der Waals surface area contributed by atoms with Gasteiger partial charge in [0.1, 0.15) is 0 Å². The van der Waals surface area contributed by atoms with Crippen LogP contribution in [0.1, 0.15) is 47.5 Å². The lowest BCUT2D eigenvalue weighted by atomic mass is 10.0. The predicted octanol–water partition coefficient (Wildman–Crippen LogP) is 2.49. The van der Waals surface area contributed by atoms with Crippen molar-refractivity contribution < 1.29 is 0 Å². The van der Waals surface area contributed by atoms with Gasteiger partial charge in [-0.2, -0.15) is 0 Å². The van der Waals surface area contributed by atoms with Gasteiger partial charge in [-0.25, -0.2) is 0 Å². The van der Waals surface area contributed by atoms with Gasteiger partial charge >= 0.3 is 0 Å². The van der Waals surface area contributed by atoms with Gasteiger partial charge in [0.05, 0.1) is 0 Å². The number of rotatable bonds is 7. The average Bonchev–Trinajstić information content (AvgIpc) is 2.15. The van der Waals surface area contributed by atoms with Crippen LogP contribution >= 0.6 is 0 Å². The molecule has 2 nitrogen and oxygen atoms in total. The van der Waals surface area contributed by atoms with Crippen LogP contribution in [0.4, 0.5) is 0 Å². The van der Waals surface area contributed by atoms with Crippen LogP contribution in [0.3, 0.4) is 0 Å². The van der Waals surface area contributed by atoms with Crippen LogP contribution in [-0.2, 0) is 0 Å². The molecule has 0 bridgehead atoms. The molecule has 0 fully saturated rings. The summed E-state index contributed by atoms with van der Waals surface area (Å²) in [5.41, 5.74) is 0.279. The third-order valence-electron chi connectivity index (χ3n) is 3.09. The number of nitrogens with zero attached hydrogens (tertiary/aromatic N) is 1. The van der Waals surface area contributed by atoms with Crippen molar-refractivity contribution in [3.8, 4) is 0 Å². The largest absolute Gasteiger partial charge is 0.310 e. The molecule has 0 aliphatic carbocycles. The molecule has 0 saturated heterocycles. The zero-order valence-corrected chi connectivity index (χ0v) is 10.9. The molecule has 0 radical (unpaired) electrons. The van der Waals surface area contributed by atoms with Crippen molar-refractivity contribution in [3.05, 3.63) is 0 Å². The Morgan fingerprint density at radius 1 is 1.29 bits per heavy atom. The van der Waals surface area contributed by atoms with E-state index < -0.39 is 0 Å². The van der Waals surface area contributed by atoms with E-state index in [9.17, 15) is 0 Å². The maximum atomic E-state index is 3.61. The SMILES string of the molecule is CCCN(C)C(C)CNC(C)(C)CC. The van der Waals surface area contributed by atoms with Crippen molar-refractivity contribution in [1.82, 2.24) is 10.2 Å². The Balaban J connectivity index is 3.77. The van der Waals surface area contributed by atoms with Crippen molar-refractivity contribution in [1.29, 1.82) is 0 Å². The summed E-state index contributed by atoms with van der Waals surface area (Å²) in [4.78, 5) is 2.42. The van der Waals surface area contributed by atoms with Crippen LogP contribution in [0.15, 0.2) is 0 Å². The van der Waals surface area contributed by atoms with Crippen molar-refractivity contribution in [2.45, 2.75) is 59.0 Å². The number of likely N-dealkylation sites (N-methyl/N-ethyl adjacent to an activating group) is 1. The standard InChI is InChI=1S/C12H28N2/c1-7-9-14(6)11(3)10-13-12(4,5)8-2/h11,13H,7-10H2,1-6H3. The molecular weight excluding hydrogens is 172 g/mol. The summed E-state index contributed by atoms with van der Waals surface area (Å²) in [5.74, 6) is 0. The van der Waals surface area contributed by atoms with Gasteiger partial charge in [-0.15, -0.1) is 0 Å². The Hall–Kier alpha value is -0.0800. The van der Waals surface area contributed by atoms with Gasteiger partial charge in [-0.05, 0) is 47.2 Å². The predicted molar refractivity (Wildman–Crippen MR) is 64.8 cm³/mol. The fraction of sp³-hybridized carbons (Fsp3) is 1.00. The summed E-state index contributed by atoms with van der Waals surface area (Å²) in [7, 11) is 2.20. The second-order valence-electron chi connectivity index (χ2n) is 4.95. The molecule has 0 aliphatic rings. The Morgan fingerprint density at radius 2 is 1.86 bits per heavy atom. The van der Waals surface area contributed by atoms with E-state index in [0.717, 1.165) is 6.54 Å². The highest BCUT2D eigenvalue weighted by Crippen LogP contribution is 2.07. The van der Waals surface area contributed by atoms with E-state index in [0.29, 0.717) is 6.04 Å². The number of hydrogen-bond donors (Lipinski definition) is 1. The maximum Gasteiger partial charge on any atom is 0.0189 e. The van der Waals surface area contributed by atoms with Crippen LogP contribution in [0.5, 0.6) is 0 Å². The molecule has 0 rings (SSSR count). The van der Waals surface area contributed by atoms with Gasteiger partial charge in [-0.1, -0.05) is 13.8 Å². The van der Waals surface area contributed by atoms with Crippen LogP contribution in [-0.4, -0.2) is 36.6 Å². The molecule has 0 aromatic carbocycles. The van der Waals surface area contributed by atoms with E-state index in [1.165, 1.54) is 19.4 Å². The lowest BCUT2D eigenvalue weighted by molar-refractivity contribution is 0.230. The fourth-order valence-electron chi connectivity index (χ4n) is 1.28. The summed E-state index contributed by atoms with van der Waals surface area (Å²) < 4.78 is 0. The van der Waals surface area contributed by atoms with Gasteiger partial charge in [0, 0.05) is 18.1 Å². The smallest absolute Gasteiger partial charge is 0.0189 e. The second-order valence-corrected chi connectivity index (χ2v) is 4.95. The van der Waals surface area contributed by atoms with Crippen molar-refractivity contribution in [3.63, 3.8) is 0 Å². The Bertz CT molecular complexity index is 143. The molecule has 0 heterocycles. The molecular formula is C12H28N2. The van der Waals surface area contributed by atoms with Gasteiger partial charge in [-0.3, -0.25) is 0 Å². The molecule has 0 aromatic heterocycles. The van der Waals surface area contributed by atoms with Gasteiger partial charge in [0.25, 0.3) is 0 Å². The second kappa shape index (κ2) is 6.41. The summed E-state index contributed by atoms with van der Waals surface area (Å²) in [5, 5.41) is 3.61. The van der Waals surface area contributed by atoms with Crippen molar-refractivity contribution in [2.24, 2.45) is 0 Å². The van der Waals surface area contributed by atoms with Gasteiger partial charge in [0.2, 0.25) is 0 Å². The molecule has 1 N–H and O–H groups in total. The highest BCUT2D eigenvalue weighted by Gasteiger charge is 2.16. The first kappa shape index (κ1) is 13.9.